The molecule has 0 heterocycles. The molecule has 0 aliphatic rings. The van der Waals surface area contributed by atoms with Crippen LogP contribution in [0.3, 0.4) is 0 Å². The Balaban J connectivity index is 2.30. The molecule has 0 radical (unpaired) electrons. The molecule has 0 aliphatic heterocycles. The van der Waals surface area contributed by atoms with E-state index in [0.29, 0.717) is 0 Å². The Morgan fingerprint density at radius 1 is 1.00 bits per heavy atom. The Morgan fingerprint density at radius 3 is 2.35 bits per heavy atom. The molecule has 132 valence electrons. The van der Waals surface area contributed by atoms with Crippen LogP contribution >= 0.6 is 0 Å². The number of benzene rings is 1. The highest BCUT2D eigenvalue weighted by Crippen LogP contribution is 2.29. The summed E-state index contributed by atoms with van der Waals surface area (Å²) >= 11 is 0. The molecule has 0 bridgehead atoms. The highest BCUT2D eigenvalue weighted by molar-refractivity contribution is 5.43. The maximum atomic E-state index is 9.37. The second-order valence-corrected chi connectivity index (χ2v) is 6.34. The third-order valence-corrected chi connectivity index (χ3v) is 4.08. The Kier molecular flexibility index (Phi) is 10.5. The predicted molar refractivity (Wildman–Crippen MR) is 96.5 cm³/mol. The van der Waals surface area contributed by atoms with Gasteiger partial charge in [0.2, 0.25) is 0 Å². The summed E-state index contributed by atoms with van der Waals surface area (Å²) in [4.78, 5) is 0. The normalized spacial score (nSPS) is 12.2. The van der Waals surface area contributed by atoms with E-state index >= 15 is 0 Å². The molecule has 0 saturated heterocycles. The van der Waals surface area contributed by atoms with Crippen molar-refractivity contribution in [3.63, 3.8) is 0 Å². The number of hydrogen-bond donors (Lipinski definition) is 1. The maximum Gasteiger partial charge on any atom is 0.161 e. The first-order valence-electron chi connectivity index (χ1n) is 9.15. The Labute approximate surface area is 142 Å². The summed E-state index contributed by atoms with van der Waals surface area (Å²) < 4.78 is 11.3. The number of aliphatic hydroxyl groups excluding tert-OH is 1. The second kappa shape index (κ2) is 12.2. The summed E-state index contributed by atoms with van der Waals surface area (Å²) in [5, 5.41) is 9.37. The number of methoxy groups -OCH3 is 1. The molecule has 23 heavy (non-hydrogen) atoms. The van der Waals surface area contributed by atoms with Gasteiger partial charge in [-0.1, -0.05) is 51.5 Å². The molecule has 1 N–H and O–H groups in total. The first-order valence-corrected chi connectivity index (χ1v) is 9.15. The molecular weight excluding hydrogens is 288 g/mol. The van der Waals surface area contributed by atoms with Crippen LogP contribution < -0.4 is 9.47 Å². The zero-order valence-corrected chi connectivity index (χ0v) is 15.1. The fourth-order valence-electron chi connectivity index (χ4n) is 2.60. The number of aryl methyl sites for hydroxylation is 1. The first-order chi connectivity index (χ1) is 11.2. The van der Waals surface area contributed by atoms with Crippen molar-refractivity contribution in [3.8, 4) is 11.5 Å². The predicted octanol–water partition coefficient (Wildman–Crippen LogP) is 5.14. The second-order valence-electron chi connectivity index (χ2n) is 6.34. The van der Waals surface area contributed by atoms with Crippen LogP contribution in [-0.2, 0) is 6.42 Å². The topological polar surface area (TPSA) is 38.7 Å². The summed E-state index contributed by atoms with van der Waals surface area (Å²) in [6.07, 6.45) is 10.3. The molecule has 0 amide bonds. The zero-order chi connectivity index (χ0) is 16.9. The van der Waals surface area contributed by atoms with E-state index in [1.807, 2.05) is 19.1 Å². The summed E-state index contributed by atoms with van der Waals surface area (Å²) in [6.45, 7) is 4.81. The summed E-state index contributed by atoms with van der Waals surface area (Å²) in [6, 6.07) is 6.06. The van der Waals surface area contributed by atoms with E-state index in [9.17, 15) is 5.11 Å². The van der Waals surface area contributed by atoms with E-state index < -0.39 is 0 Å². The van der Waals surface area contributed by atoms with Crippen LogP contribution in [0.4, 0.5) is 0 Å². The molecule has 0 aromatic heterocycles. The van der Waals surface area contributed by atoms with Gasteiger partial charge in [-0.2, -0.15) is 0 Å². The lowest BCUT2D eigenvalue weighted by molar-refractivity contribution is 0.185. The van der Waals surface area contributed by atoms with Gasteiger partial charge in [0, 0.05) is 0 Å². The van der Waals surface area contributed by atoms with Gasteiger partial charge in [0.1, 0.15) is 0 Å². The highest BCUT2D eigenvalue weighted by atomic mass is 16.5. The third kappa shape index (κ3) is 8.85. The van der Waals surface area contributed by atoms with Gasteiger partial charge in [-0.05, 0) is 43.9 Å². The molecule has 1 unspecified atom stereocenters. The highest BCUT2D eigenvalue weighted by Gasteiger charge is 2.07. The number of hydrogen-bond acceptors (Lipinski definition) is 3. The van der Waals surface area contributed by atoms with Gasteiger partial charge in [-0.25, -0.2) is 0 Å². The van der Waals surface area contributed by atoms with Crippen LogP contribution in [0.5, 0.6) is 11.5 Å². The lowest BCUT2D eigenvalue weighted by atomic mass is 10.1. The fourth-order valence-corrected chi connectivity index (χ4v) is 2.60. The molecule has 1 aromatic carbocycles. The monoisotopic (exact) mass is 322 g/mol. The number of unbranched alkanes of at least 4 members (excludes halogenated alkanes) is 6. The number of ether oxygens (including phenoxy) is 2. The molecule has 0 fully saturated rings. The molecule has 0 spiro atoms. The van der Waals surface area contributed by atoms with E-state index in [1.165, 1.54) is 44.1 Å². The summed E-state index contributed by atoms with van der Waals surface area (Å²) in [5.74, 6) is 1.61. The van der Waals surface area contributed by atoms with Crippen molar-refractivity contribution in [2.45, 2.75) is 77.7 Å². The van der Waals surface area contributed by atoms with Crippen LogP contribution in [0.2, 0.25) is 0 Å². The Hall–Kier alpha value is -1.22. The largest absolute Gasteiger partial charge is 0.493 e. The molecule has 3 nitrogen and oxygen atoms in total. The van der Waals surface area contributed by atoms with Crippen LogP contribution in [0.1, 0.15) is 70.8 Å². The van der Waals surface area contributed by atoms with Crippen molar-refractivity contribution in [1.29, 1.82) is 0 Å². The quantitative estimate of drug-likeness (QED) is 0.511. The van der Waals surface area contributed by atoms with Gasteiger partial charge < -0.3 is 14.6 Å². The smallest absolute Gasteiger partial charge is 0.161 e. The standard InChI is InChI=1S/C20H34O3/c1-4-5-6-7-8-9-10-15-23-19-14-13-18(12-11-17(2)21)16-20(19)22-3/h13-14,16-17,21H,4-12,15H2,1-3H3. The summed E-state index contributed by atoms with van der Waals surface area (Å²) in [5.41, 5.74) is 1.17. The number of aliphatic hydroxyl groups is 1. The average Bonchev–Trinajstić information content (AvgIpc) is 2.55. The fraction of sp³-hybridized carbons (Fsp3) is 0.700. The van der Waals surface area contributed by atoms with Crippen molar-refractivity contribution < 1.29 is 14.6 Å². The van der Waals surface area contributed by atoms with E-state index in [4.69, 9.17) is 9.47 Å². The molecule has 1 rings (SSSR count). The number of rotatable bonds is 13. The Morgan fingerprint density at radius 2 is 1.70 bits per heavy atom. The first kappa shape index (κ1) is 19.8. The van der Waals surface area contributed by atoms with E-state index in [-0.39, 0.29) is 6.10 Å². The van der Waals surface area contributed by atoms with Crippen LogP contribution in [0, 0.1) is 0 Å². The molecule has 0 aliphatic carbocycles. The summed E-state index contributed by atoms with van der Waals surface area (Å²) in [7, 11) is 1.67. The van der Waals surface area contributed by atoms with Crippen molar-refractivity contribution in [1.82, 2.24) is 0 Å². The van der Waals surface area contributed by atoms with Crippen LogP contribution in [0.25, 0.3) is 0 Å². The van der Waals surface area contributed by atoms with E-state index in [2.05, 4.69) is 13.0 Å². The van der Waals surface area contributed by atoms with Crippen molar-refractivity contribution >= 4 is 0 Å². The lowest BCUT2D eigenvalue weighted by Gasteiger charge is -2.12. The van der Waals surface area contributed by atoms with E-state index in [1.54, 1.807) is 7.11 Å². The van der Waals surface area contributed by atoms with Crippen molar-refractivity contribution in [3.05, 3.63) is 23.8 Å². The lowest BCUT2D eigenvalue weighted by Crippen LogP contribution is -2.03. The zero-order valence-electron chi connectivity index (χ0n) is 15.1. The van der Waals surface area contributed by atoms with Crippen LogP contribution in [-0.4, -0.2) is 24.9 Å². The Bertz CT molecular complexity index is 415. The average molecular weight is 322 g/mol. The molecule has 1 atom stereocenters. The van der Waals surface area contributed by atoms with Crippen molar-refractivity contribution in [2.24, 2.45) is 0 Å². The van der Waals surface area contributed by atoms with Crippen molar-refractivity contribution in [2.75, 3.05) is 13.7 Å². The van der Waals surface area contributed by atoms with E-state index in [0.717, 1.165) is 37.4 Å². The SMILES string of the molecule is CCCCCCCCCOc1ccc(CCC(C)O)cc1OC. The van der Waals surface area contributed by atoms with Crippen LogP contribution in [0.15, 0.2) is 18.2 Å². The van der Waals surface area contributed by atoms with Gasteiger partial charge in [0.05, 0.1) is 19.8 Å². The van der Waals surface area contributed by atoms with Gasteiger partial charge in [-0.15, -0.1) is 0 Å². The minimum atomic E-state index is -0.269. The molecule has 1 aromatic rings. The van der Waals surface area contributed by atoms with Gasteiger partial charge in [-0.3, -0.25) is 0 Å². The third-order valence-electron chi connectivity index (χ3n) is 4.08. The molecule has 3 heteroatoms. The molecular formula is C20H34O3. The molecule has 0 saturated carbocycles. The van der Waals surface area contributed by atoms with Gasteiger partial charge >= 0.3 is 0 Å². The van der Waals surface area contributed by atoms with Gasteiger partial charge in [0.15, 0.2) is 11.5 Å². The van der Waals surface area contributed by atoms with Gasteiger partial charge in [0.25, 0.3) is 0 Å². The maximum absolute atomic E-state index is 9.37. The minimum absolute atomic E-state index is 0.269. The minimum Gasteiger partial charge on any atom is -0.493 e.